The zero-order valence-corrected chi connectivity index (χ0v) is 10.5. The summed E-state index contributed by atoms with van der Waals surface area (Å²) in [4.78, 5) is 0. The van der Waals surface area contributed by atoms with Crippen LogP contribution in [-0.4, -0.2) is 36.3 Å². The Labute approximate surface area is 97.5 Å². The molecule has 3 heteroatoms. The monoisotopic (exact) mass is 229 g/mol. The third-order valence-electron chi connectivity index (χ3n) is 3.44. The lowest BCUT2D eigenvalue weighted by molar-refractivity contribution is 0.0835. The fraction of sp³-hybridized carbons (Fsp3) is 1.00. The maximum absolute atomic E-state index is 5.61. The van der Waals surface area contributed by atoms with Crippen LogP contribution < -0.4 is 5.32 Å². The molecule has 88 valence electrons. The molecule has 2 fully saturated rings. The molecule has 1 heterocycles. The fourth-order valence-corrected chi connectivity index (χ4v) is 4.31. The molecular weight excluding hydrogens is 206 g/mol. The molecule has 2 unspecified atom stereocenters. The van der Waals surface area contributed by atoms with Gasteiger partial charge in [0, 0.05) is 23.1 Å². The molecule has 0 aromatic heterocycles. The van der Waals surface area contributed by atoms with Crippen molar-refractivity contribution in [3.8, 4) is 0 Å². The van der Waals surface area contributed by atoms with E-state index in [0.29, 0.717) is 11.3 Å². The van der Waals surface area contributed by atoms with Gasteiger partial charge in [-0.05, 0) is 25.8 Å². The summed E-state index contributed by atoms with van der Waals surface area (Å²) >= 11 is 2.19. The van der Waals surface area contributed by atoms with Crippen molar-refractivity contribution >= 4 is 11.8 Å². The summed E-state index contributed by atoms with van der Waals surface area (Å²) in [6.45, 7) is 5.19. The van der Waals surface area contributed by atoms with Crippen LogP contribution in [0.15, 0.2) is 0 Å². The zero-order valence-electron chi connectivity index (χ0n) is 9.71. The number of rotatable bonds is 4. The lowest BCUT2D eigenvalue weighted by atomic mass is 10.1. The van der Waals surface area contributed by atoms with Gasteiger partial charge in [0.05, 0.1) is 6.61 Å². The van der Waals surface area contributed by atoms with E-state index in [1.54, 1.807) is 0 Å². The number of hydrogen-bond donors (Lipinski definition) is 1. The van der Waals surface area contributed by atoms with E-state index >= 15 is 0 Å². The zero-order chi connectivity index (χ0) is 10.5. The molecule has 1 aliphatic heterocycles. The molecule has 1 saturated carbocycles. The Bertz CT molecular complexity index is 180. The van der Waals surface area contributed by atoms with Gasteiger partial charge in [-0.1, -0.05) is 19.8 Å². The van der Waals surface area contributed by atoms with E-state index < -0.39 is 0 Å². The summed E-state index contributed by atoms with van der Waals surface area (Å²) in [5, 5.41) is 5.22. The van der Waals surface area contributed by atoms with Gasteiger partial charge in [0.1, 0.15) is 0 Å². The van der Waals surface area contributed by atoms with Crippen molar-refractivity contribution < 1.29 is 4.74 Å². The molecule has 0 radical (unpaired) electrons. The van der Waals surface area contributed by atoms with Crippen molar-refractivity contribution in [1.82, 2.24) is 5.32 Å². The predicted molar refractivity (Wildman–Crippen MR) is 66.5 cm³/mol. The Morgan fingerprint density at radius 1 is 1.27 bits per heavy atom. The molecule has 0 aromatic carbocycles. The van der Waals surface area contributed by atoms with Crippen molar-refractivity contribution in [2.24, 2.45) is 0 Å². The topological polar surface area (TPSA) is 21.3 Å². The van der Waals surface area contributed by atoms with Crippen molar-refractivity contribution in [3.63, 3.8) is 0 Å². The molecule has 0 bridgehead atoms. The predicted octanol–water partition coefficient (Wildman–Crippen LogP) is 2.43. The molecule has 2 nitrogen and oxygen atoms in total. The molecular formula is C12H23NOS. The Kier molecular flexibility index (Phi) is 4.79. The van der Waals surface area contributed by atoms with Crippen LogP contribution in [0.1, 0.15) is 39.0 Å². The summed E-state index contributed by atoms with van der Waals surface area (Å²) in [6, 6.07) is 0.689. The smallest absolute Gasteiger partial charge is 0.0600 e. The van der Waals surface area contributed by atoms with Crippen LogP contribution >= 0.6 is 11.8 Å². The fourth-order valence-electron chi connectivity index (χ4n) is 2.61. The Morgan fingerprint density at radius 2 is 2.07 bits per heavy atom. The Morgan fingerprint density at radius 3 is 2.80 bits per heavy atom. The van der Waals surface area contributed by atoms with Gasteiger partial charge in [-0.25, -0.2) is 0 Å². The summed E-state index contributed by atoms with van der Waals surface area (Å²) in [5.41, 5.74) is 0. The molecule has 2 aliphatic rings. The average Bonchev–Trinajstić information content (AvgIpc) is 2.74. The molecule has 0 aromatic rings. The first-order chi connectivity index (χ1) is 7.40. The number of hydrogen-bond acceptors (Lipinski definition) is 3. The molecule has 15 heavy (non-hydrogen) atoms. The molecule has 1 saturated heterocycles. The van der Waals surface area contributed by atoms with Crippen molar-refractivity contribution in [3.05, 3.63) is 0 Å². The van der Waals surface area contributed by atoms with Crippen LogP contribution in [0.4, 0.5) is 0 Å². The van der Waals surface area contributed by atoms with Crippen LogP contribution in [-0.2, 0) is 4.74 Å². The van der Waals surface area contributed by atoms with E-state index in [4.69, 9.17) is 4.74 Å². The van der Waals surface area contributed by atoms with E-state index in [1.165, 1.54) is 32.1 Å². The van der Waals surface area contributed by atoms with Crippen molar-refractivity contribution in [2.45, 2.75) is 55.6 Å². The highest BCUT2D eigenvalue weighted by Crippen LogP contribution is 2.34. The van der Waals surface area contributed by atoms with Crippen molar-refractivity contribution in [1.29, 1.82) is 0 Å². The summed E-state index contributed by atoms with van der Waals surface area (Å²) in [7, 11) is 0. The minimum Gasteiger partial charge on any atom is -0.380 e. The van der Waals surface area contributed by atoms with Crippen LogP contribution in [0.5, 0.6) is 0 Å². The Balaban J connectivity index is 1.80. The summed E-state index contributed by atoms with van der Waals surface area (Å²) < 4.78 is 5.61. The number of thioether (sulfide) groups is 1. The highest BCUT2D eigenvalue weighted by Gasteiger charge is 2.29. The lowest BCUT2D eigenvalue weighted by Gasteiger charge is -2.33. The van der Waals surface area contributed by atoms with E-state index in [-0.39, 0.29) is 0 Å². The normalized spacial score (nSPS) is 33.4. The third-order valence-corrected chi connectivity index (χ3v) is 5.11. The molecule has 0 amide bonds. The highest BCUT2D eigenvalue weighted by atomic mass is 32.2. The minimum absolute atomic E-state index is 0.689. The summed E-state index contributed by atoms with van der Waals surface area (Å²) in [6.07, 6.45) is 6.94. The summed E-state index contributed by atoms with van der Waals surface area (Å²) in [5.74, 6) is 0. The van der Waals surface area contributed by atoms with Crippen LogP contribution in [0.2, 0.25) is 0 Å². The third kappa shape index (κ3) is 3.36. The van der Waals surface area contributed by atoms with Gasteiger partial charge in [0.2, 0.25) is 0 Å². The molecule has 1 aliphatic carbocycles. The maximum Gasteiger partial charge on any atom is 0.0600 e. The highest BCUT2D eigenvalue weighted by molar-refractivity contribution is 8.00. The average molecular weight is 229 g/mol. The second-order valence-electron chi connectivity index (χ2n) is 4.61. The van der Waals surface area contributed by atoms with Crippen molar-refractivity contribution in [2.75, 3.05) is 19.8 Å². The maximum atomic E-state index is 5.61. The SMILES string of the molecule is CCNC1CCOCC1SC1CCCC1. The second-order valence-corrected chi connectivity index (χ2v) is 6.15. The second kappa shape index (κ2) is 6.12. The number of nitrogens with one attached hydrogen (secondary N) is 1. The van der Waals surface area contributed by atoms with Gasteiger partial charge in [-0.15, -0.1) is 0 Å². The van der Waals surface area contributed by atoms with E-state index in [0.717, 1.165) is 25.0 Å². The first-order valence-corrected chi connectivity index (χ1v) is 7.31. The largest absolute Gasteiger partial charge is 0.380 e. The van der Waals surface area contributed by atoms with Gasteiger partial charge in [-0.3, -0.25) is 0 Å². The number of ether oxygens (including phenoxy) is 1. The van der Waals surface area contributed by atoms with Gasteiger partial charge < -0.3 is 10.1 Å². The standard InChI is InChI=1S/C12H23NOS/c1-2-13-11-7-8-14-9-12(11)15-10-5-3-4-6-10/h10-13H,2-9H2,1H3. The first-order valence-electron chi connectivity index (χ1n) is 6.36. The van der Waals surface area contributed by atoms with Gasteiger partial charge in [-0.2, -0.15) is 11.8 Å². The Hall–Kier alpha value is 0.270. The quantitative estimate of drug-likeness (QED) is 0.800. The van der Waals surface area contributed by atoms with Gasteiger partial charge in [0.25, 0.3) is 0 Å². The first kappa shape index (κ1) is 11.7. The van der Waals surface area contributed by atoms with E-state index in [9.17, 15) is 0 Å². The molecule has 2 rings (SSSR count). The van der Waals surface area contributed by atoms with Gasteiger partial charge >= 0.3 is 0 Å². The lowest BCUT2D eigenvalue weighted by Crippen LogP contribution is -2.45. The van der Waals surface area contributed by atoms with E-state index in [2.05, 4.69) is 24.0 Å². The van der Waals surface area contributed by atoms with Crippen LogP contribution in [0.3, 0.4) is 0 Å². The van der Waals surface area contributed by atoms with Gasteiger partial charge in [0.15, 0.2) is 0 Å². The van der Waals surface area contributed by atoms with E-state index in [1.807, 2.05) is 0 Å². The molecule has 1 N–H and O–H groups in total. The molecule has 0 spiro atoms. The van der Waals surface area contributed by atoms with Crippen LogP contribution in [0, 0.1) is 0 Å². The van der Waals surface area contributed by atoms with Crippen LogP contribution in [0.25, 0.3) is 0 Å². The minimum atomic E-state index is 0.689. The molecule has 2 atom stereocenters.